The zero-order valence-corrected chi connectivity index (χ0v) is 24.7. The molecular weight excluding hydrogens is 590 g/mol. The van der Waals surface area contributed by atoms with Crippen LogP contribution in [0, 0.1) is 0 Å². The Labute approximate surface area is 256 Å². The molecule has 2 aromatic heterocycles. The fourth-order valence-corrected chi connectivity index (χ4v) is 7.15. The average Bonchev–Trinajstić information content (AvgIpc) is 3.60. The molecule has 0 aliphatic rings. The smallest absolute Gasteiger partial charge is 0.136 e. The minimum Gasteiger partial charge on any atom is -0.456 e. The van der Waals surface area contributed by atoms with Crippen LogP contribution in [0.1, 0.15) is 0 Å². The molecule has 0 fully saturated rings. The van der Waals surface area contributed by atoms with Gasteiger partial charge in [0.2, 0.25) is 0 Å². The molecule has 0 aliphatic heterocycles. The summed E-state index contributed by atoms with van der Waals surface area (Å²) in [6, 6.07) is 52.1. The van der Waals surface area contributed by atoms with E-state index in [1.54, 1.807) is 0 Å². The van der Waals surface area contributed by atoms with Gasteiger partial charge in [-0.1, -0.05) is 119 Å². The molecule has 0 atom stereocenters. The summed E-state index contributed by atoms with van der Waals surface area (Å²) >= 11 is 3.70. The van der Waals surface area contributed by atoms with E-state index in [0.717, 1.165) is 26.7 Å². The van der Waals surface area contributed by atoms with E-state index in [1.165, 1.54) is 60.2 Å². The Morgan fingerprint density at radius 2 is 1.16 bits per heavy atom. The highest BCUT2D eigenvalue weighted by molar-refractivity contribution is 9.10. The number of hydrogen-bond acceptors (Lipinski definition) is 1. The van der Waals surface area contributed by atoms with Gasteiger partial charge in [0.25, 0.3) is 0 Å². The number of nitrogens with zero attached hydrogens (tertiary/aromatic N) is 1. The summed E-state index contributed by atoms with van der Waals surface area (Å²) in [4.78, 5) is 0. The van der Waals surface area contributed by atoms with Crippen molar-refractivity contribution in [3.8, 4) is 27.9 Å². The third-order valence-corrected chi connectivity index (χ3v) is 9.37. The van der Waals surface area contributed by atoms with Crippen LogP contribution in [0.5, 0.6) is 0 Å². The molecule has 3 heteroatoms. The Hall–Kier alpha value is -5.12. The van der Waals surface area contributed by atoms with Gasteiger partial charge >= 0.3 is 0 Å². The van der Waals surface area contributed by atoms with Crippen molar-refractivity contribution in [1.29, 1.82) is 0 Å². The second kappa shape index (κ2) is 9.45. The minimum absolute atomic E-state index is 0.904. The second-order valence-corrected chi connectivity index (χ2v) is 11.9. The molecule has 2 nitrogen and oxygen atoms in total. The maximum absolute atomic E-state index is 6.32. The van der Waals surface area contributed by atoms with Crippen molar-refractivity contribution < 1.29 is 4.42 Å². The number of benzene rings is 7. The van der Waals surface area contributed by atoms with Crippen LogP contribution >= 0.6 is 15.9 Å². The van der Waals surface area contributed by atoms with Crippen LogP contribution in [-0.2, 0) is 0 Å². The highest BCUT2D eigenvalue weighted by atomic mass is 79.9. The molecule has 0 aliphatic carbocycles. The summed E-state index contributed by atoms with van der Waals surface area (Å²) in [5.41, 5.74) is 10.1. The van der Waals surface area contributed by atoms with Crippen molar-refractivity contribution in [2.24, 2.45) is 0 Å². The van der Waals surface area contributed by atoms with E-state index in [2.05, 4.69) is 160 Å². The van der Waals surface area contributed by atoms with Gasteiger partial charge < -0.3 is 8.98 Å². The normalized spacial score (nSPS) is 11.8. The molecule has 0 saturated heterocycles. The summed E-state index contributed by atoms with van der Waals surface area (Å²) in [6.07, 6.45) is 0. The largest absolute Gasteiger partial charge is 0.456 e. The predicted molar refractivity (Wildman–Crippen MR) is 184 cm³/mol. The van der Waals surface area contributed by atoms with Crippen LogP contribution in [0.3, 0.4) is 0 Å². The van der Waals surface area contributed by atoms with Gasteiger partial charge in [-0.2, -0.15) is 0 Å². The Morgan fingerprint density at radius 3 is 2.05 bits per heavy atom. The van der Waals surface area contributed by atoms with Gasteiger partial charge in [0, 0.05) is 31.7 Å². The van der Waals surface area contributed by atoms with Crippen LogP contribution < -0.4 is 0 Å². The van der Waals surface area contributed by atoms with Crippen molar-refractivity contribution in [3.05, 3.63) is 150 Å². The van der Waals surface area contributed by atoms with E-state index < -0.39 is 0 Å². The number of halogens is 1. The summed E-state index contributed by atoms with van der Waals surface area (Å²) in [5, 5.41) is 7.22. The van der Waals surface area contributed by atoms with Crippen molar-refractivity contribution in [2.45, 2.75) is 0 Å². The van der Waals surface area contributed by atoms with E-state index in [9.17, 15) is 0 Å². The Bertz CT molecular complexity index is 2520. The highest BCUT2D eigenvalue weighted by Crippen LogP contribution is 2.39. The first-order chi connectivity index (χ1) is 21.2. The summed E-state index contributed by atoms with van der Waals surface area (Å²) in [5.74, 6) is 0. The van der Waals surface area contributed by atoms with Crippen molar-refractivity contribution in [3.63, 3.8) is 0 Å². The minimum atomic E-state index is 0.904. The topological polar surface area (TPSA) is 18.1 Å². The monoisotopic (exact) mass is 613 g/mol. The van der Waals surface area contributed by atoms with Crippen LogP contribution in [0.2, 0.25) is 0 Å². The predicted octanol–water partition coefficient (Wildman–Crippen LogP) is 11.9. The van der Waals surface area contributed by atoms with Crippen LogP contribution in [0.4, 0.5) is 0 Å². The van der Waals surface area contributed by atoms with E-state index in [4.69, 9.17) is 4.42 Å². The fourth-order valence-electron chi connectivity index (χ4n) is 6.64. The van der Waals surface area contributed by atoms with E-state index in [-0.39, 0.29) is 0 Å². The zero-order valence-electron chi connectivity index (χ0n) is 23.1. The molecule has 0 N–H and O–H groups in total. The lowest BCUT2D eigenvalue weighted by atomic mass is 9.99. The molecular formula is C40H24BrNO. The molecule has 43 heavy (non-hydrogen) atoms. The lowest BCUT2D eigenvalue weighted by Crippen LogP contribution is -1.93. The summed E-state index contributed by atoms with van der Waals surface area (Å²) < 4.78 is 9.82. The van der Waals surface area contributed by atoms with Gasteiger partial charge in [-0.15, -0.1) is 0 Å². The molecule has 9 rings (SSSR count). The molecule has 9 aromatic rings. The van der Waals surface area contributed by atoms with Crippen LogP contribution in [0.25, 0.3) is 82.5 Å². The summed E-state index contributed by atoms with van der Waals surface area (Å²) in [6.45, 7) is 0. The molecule has 0 spiro atoms. The van der Waals surface area contributed by atoms with E-state index >= 15 is 0 Å². The number of rotatable bonds is 3. The number of hydrogen-bond donors (Lipinski definition) is 0. The number of furan rings is 1. The van der Waals surface area contributed by atoms with Gasteiger partial charge in [-0.25, -0.2) is 0 Å². The van der Waals surface area contributed by atoms with E-state index in [1.807, 2.05) is 6.07 Å². The third kappa shape index (κ3) is 3.78. The van der Waals surface area contributed by atoms with Gasteiger partial charge in [0.05, 0.1) is 11.0 Å². The lowest BCUT2D eigenvalue weighted by Gasteiger charge is -2.10. The van der Waals surface area contributed by atoms with Crippen molar-refractivity contribution in [2.75, 3.05) is 0 Å². The number of aromatic nitrogens is 1. The molecule has 202 valence electrons. The standard InChI is InChI=1S/C40H24BrNO/c41-35-11-5-3-8-30(35)27-15-13-25(14-16-27)28-17-20-33-32-10-4-6-12-36(32)42(37(33)23-28)29-19-22-38-34(24-29)40-31-9-2-1-7-26(31)18-21-39(40)43-38/h1-24H. The van der Waals surface area contributed by atoms with Gasteiger partial charge in [0.1, 0.15) is 11.2 Å². The van der Waals surface area contributed by atoms with Crippen LogP contribution in [0.15, 0.2) is 154 Å². The average molecular weight is 615 g/mol. The Kier molecular flexibility index (Phi) is 5.38. The first kappa shape index (κ1) is 24.5. The Morgan fingerprint density at radius 1 is 0.465 bits per heavy atom. The number of para-hydroxylation sites is 1. The quantitative estimate of drug-likeness (QED) is 0.194. The molecule has 0 bridgehead atoms. The zero-order chi connectivity index (χ0) is 28.5. The number of fused-ring (bicyclic) bond motifs is 8. The third-order valence-electron chi connectivity index (χ3n) is 8.68. The lowest BCUT2D eigenvalue weighted by molar-refractivity contribution is 0.669. The fraction of sp³-hybridized carbons (Fsp3) is 0. The molecule has 7 aromatic carbocycles. The van der Waals surface area contributed by atoms with Crippen molar-refractivity contribution >= 4 is 70.4 Å². The van der Waals surface area contributed by atoms with Gasteiger partial charge in [-0.05, 0) is 75.5 Å². The molecule has 0 unspecified atom stereocenters. The SMILES string of the molecule is Brc1ccccc1-c1ccc(-c2ccc3c4ccccc4n(-c4ccc5oc6ccc7ccccc7c6c5c4)c3c2)cc1. The van der Waals surface area contributed by atoms with E-state index in [0.29, 0.717) is 0 Å². The maximum atomic E-state index is 6.32. The highest BCUT2D eigenvalue weighted by Gasteiger charge is 2.16. The first-order valence-corrected chi connectivity index (χ1v) is 15.3. The first-order valence-electron chi connectivity index (χ1n) is 14.5. The van der Waals surface area contributed by atoms with Gasteiger partial charge in [-0.3, -0.25) is 0 Å². The molecule has 0 radical (unpaired) electrons. The van der Waals surface area contributed by atoms with Crippen LogP contribution in [-0.4, -0.2) is 4.57 Å². The van der Waals surface area contributed by atoms with Gasteiger partial charge in [0.15, 0.2) is 0 Å². The maximum Gasteiger partial charge on any atom is 0.136 e. The Balaban J connectivity index is 1.25. The second-order valence-electron chi connectivity index (χ2n) is 11.1. The molecule has 0 saturated carbocycles. The summed E-state index contributed by atoms with van der Waals surface area (Å²) in [7, 11) is 0. The van der Waals surface area contributed by atoms with Crippen molar-refractivity contribution in [1.82, 2.24) is 4.57 Å². The molecule has 0 amide bonds. The molecule has 2 heterocycles.